The third kappa shape index (κ3) is 4.43. The van der Waals surface area contributed by atoms with Crippen molar-refractivity contribution < 1.29 is 18.9 Å². The molecule has 10 heteroatoms. The summed E-state index contributed by atoms with van der Waals surface area (Å²) in [6.45, 7) is 1.73. The van der Waals surface area contributed by atoms with Crippen LogP contribution >= 0.6 is 50.1 Å². The summed E-state index contributed by atoms with van der Waals surface area (Å²) in [6.07, 6.45) is 1.48. The Morgan fingerprint density at radius 1 is 1.23 bits per heavy atom. The average molecular weight is 614 g/mol. The number of carbonyl (C=O) groups excluding carboxylic acids is 1. The van der Waals surface area contributed by atoms with Gasteiger partial charge in [0, 0.05) is 31.3 Å². The number of nitro benzene ring substituents is 1. The van der Waals surface area contributed by atoms with Crippen molar-refractivity contribution in [1.82, 2.24) is 0 Å². The molecule has 0 aliphatic carbocycles. The number of hydrogen-bond acceptors (Lipinski definition) is 6. The molecule has 1 aliphatic rings. The SMILES string of the molecule is Cc1cc([N+](=O)[O-])c(Cl)cc1-c1ccc(/C=C2\N=C(c3ccc(I)c(Br)c3)OC2=O)o1. The van der Waals surface area contributed by atoms with Gasteiger partial charge in [-0.15, -0.1) is 0 Å². The summed E-state index contributed by atoms with van der Waals surface area (Å²) >= 11 is 11.7. The van der Waals surface area contributed by atoms with Gasteiger partial charge in [0.15, 0.2) is 5.70 Å². The Morgan fingerprint density at radius 2 is 2.00 bits per heavy atom. The molecule has 0 amide bonds. The molecule has 0 spiro atoms. The van der Waals surface area contributed by atoms with E-state index in [0.717, 1.165) is 8.04 Å². The summed E-state index contributed by atoms with van der Waals surface area (Å²) in [5.74, 6) is 0.457. The summed E-state index contributed by atoms with van der Waals surface area (Å²) in [7, 11) is 0. The summed E-state index contributed by atoms with van der Waals surface area (Å²) < 4.78 is 13.0. The predicted octanol–water partition coefficient (Wildman–Crippen LogP) is 6.53. The van der Waals surface area contributed by atoms with Crippen LogP contribution in [-0.4, -0.2) is 16.8 Å². The third-order valence-electron chi connectivity index (χ3n) is 4.45. The minimum atomic E-state index is -0.586. The van der Waals surface area contributed by atoms with Gasteiger partial charge in [0.1, 0.15) is 16.5 Å². The smallest absolute Gasteiger partial charge is 0.363 e. The fourth-order valence-electron chi connectivity index (χ4n) is 2.94. The maximum atomic E-state index is 12.2. The van der Waals surface area contributed by atoms with E-state index in [0.29, 0.717) is 28.2 Å². The van der Waals surface area contributed by atoms with Crippen LogP contribution in [0.4, 0.5) is 5.69 Å². The van der Waals surface area contributed by atoms with Crippen molar-refractivity contribution in [3.63, 3.8) is 0 Å². The van der Waals surface area contributed by atoms with Gasteiger partial charge in [-0.1, -0.05) is 11.6 Å². The molecule has 0 saturated carbocycles. The quantitative estimate of drug-likeness (QED) is 0.110. The molecule has 0 radical (unpaired) electrons. The highest BCUT2D eigenvalue weighted by Gasteiger charge is 2.25. The fraction of sp³-hybridized carbons (Fsp3) is 0.0476. The number of aryl methyl sites for hydroxylation is 1. The number of cyclic esters (lactones) is 1. The van der Waals surface area contributed by atoms with Gasteiger partial charge in [-0.25, -0.2) is 9.79 Å². The number of ether oxygens (including phenoxy) is 1. The normalized spacial score (nSPS) is 14.6. The summed E-state index contributed by atoms with van der Waals surface area (Å²) in [6, 6.07) is 11.8. The first-order chi connectivity index (χ1) is 14.7. The Hall–Kier alpha value is -2.50. The van der Waals surface area contributed by atoms with Crippen LogP contribution in [0.1, 0.15) is 16.9 Å². The molecule has 31 heavy (non-hydrogen) atoms. The molecule has 0 saturated heterocycles. The van der Waals surface area contributed by atoms with Crippen LogP contribution in [0.15, 0.2) is 62.0 Å². The minimum Gasteiger partial charge on any atom is -0.457 e. The number of carbonyl (C=O) groups is 1. The molecule has 2 aromatic carbocycles. The lowest BCUT2D eigenvalue weighted by Gasteiger charge is -2.04. The lowest BCUT2D eigenvalue weighted by molar-refractivity contribution is -0.384. The number of furan rings is 1. The van der Waals surface area contributed by atoms with E-state index in [2.05, 4.69) is 43.5 Å². The van der Waals surface area contributed by atoms with Crippen LogP contribution in [0.25, 0.3) is 17.4 Å². The summed E-state index contributed by atoms with van der Waals surface area (Å²) in [5, 5.41) is 11.1. The fourth-order valence-corrected chi connectivity index (χ4v) is 3.89. The monoisotopic (exact) mass is 612 g/mol. The molecule has 1 aromatic heterocycles. The molecule has 4 rings (SSSR count). The van der Waals surface area contributed by atoms with Gasteiger partial charge in [0.05, 0.1) is 4.92 Å². The number of hydrogen-bond donors (Lipinski definition) is 0. The second-order valence-corrected chi connectivity index (χ2v) is 8.97. The van der Waals surface area contributed by atoms with Crippen LogP contribution in [0.2, 0.25) is 5.02 Å². The van der Waals surface area contributed by atoms with E-state index in [-0.39, 0.29) is 22.3 Å². The largest absolute Gasteiger partial charge is 0.457 e. The number of halogens is 3. The Balaban J connectivity index is 1.64. The van der Waals surface area contributed by atoms with Crippen LogP contribution in [0.3, 0.4) is 0 Å². The van der Waals surface area contributed by atoms with Gasteiger partial charge < -0.3 is 9.15 Å². The second kappa shape index (κ2) is 8.56. The van der Waals surface area contributed by atoms with Crippen LogP contribution < -0.4 is 0 Å². The maximum Gasteiger partial charge on any atom is 0.363 e. The molecule has 0 atom stereocenters. The second-order valence-electron chi connectivity index (χ2n) is 6.54. The van der Waals surface area contributed by atoms with E-state index in [4.69, 9.17) is 20.8 Å². The van der Waals surface area contributed by atoms with Crippen LogP contribution in [0, 0.1) is 20.6 Å². The Morgan fingerprint density at radius 3 is 2.71 bits per heavy atom. The van der Waals surface area contributed by atoms with Crippen molar-refractivity contribution in [3.8, 4) is 11.3 Å². The van der Waals surface area contributed by atoms with Crippen molar-refractivity contribution >= 4 is 73.8 Å². The minimum absolute atomic E-state index is 0.0131. The number of benzene rings is 2. The van der Waals surface area contributed by atoms with Gasteiger partial charge in [-0.3, -0.25) is 10.1 Å². The van der Waals surface area contributed by atoms with Crippen molar-refractivity contribution in [2.45, 2.75) is 6.92 Å². The molecule has 7 nitrogen and oxygen atoms in total. The van der Waals surface area contributed by atoms with E-state index >= 15 is 0 Å². The maximum absolute atomic E-state index is 12.2. The molecule has 1 aliphatic heterocycles. The highest BCUT2D eigenvalue weighted by molar-refractivity contribution is 14.1. The molecule has 0 N–H and O–H groups in total. The first-order valence-electron chi connectivity index (χ1n) is 8.75. The van der Waals surface area contributed by atoms with Crippen LogP contribution in [-0.2, 0) is 9.53 Å². The molecular weight excluding hydrogens is 603 g/mol. The lowest BCUT2D eigenvalue weighted by atomic mass is 10.1. The standard InChI is InChI=1S/C21H11BrClIN2O5/c1-10-6-18(26(28)29)15(23)9-13(10)19-5-3-12(30-19)8-17-21(27)31-20(25-17)11-2-4-16(24)14(22)7-11/h2-9H,1H3/b17-8-. The Kier molecular flexibility index (Phi) is 6.00. The topological polar surface area (TPSA) is 94.9 Å². The zero-order chi connectivity index (χ0) is 22.3. The van der Waals surface area contributed by atoms with E-state index in [1.165, 1.54) is 18.2 Å². The molecule has 0 bridgehead atoms. The van der Waals surface area contributed by atoms with Gasteiger partial charge in [-0.05, 0) is 87.4 Å². The highest BCUT2D eigenvalue weighted by atomic mass is 127. The van der Waals surface area contributed by atoms with Crippen LogP contribution in [0.5, 0.6) is 0 Å². The van der Waals surface area contributed by atoms with Gasteiger partial charge in [0.2, 0.25) is 5.90 Å². The Bertz CT molecular complexity index is 1320. The van der Waals surface area contributed by atoms with Crippen molar-refractivity contribution in [1.29, 1.82) is 0 Å². The number of esters is 1. The molecule has 3 aromatic rings. The Labute approximate surface area is 203 Å². The number of nitrogens with zero attached hydrogens (tertiary/aromatic N) is 2. The van der Waals surface area contributed by atoms with E-state index in [9.17, 15) is 14.9 Å². The average Bonchev–Trinajstić information content (AvgIpc) is 3.32. The van der Waals surface area contributed by atoms with E-state index < -0.39 is 10.9 Å². The van der Waals surface area contributed by atoms with Gasteiger partial charge >= 0.3 is 5.97 Å². The van der Waals surface area contributed by atoms with E-state index in [1.54, 1.807) is 19.1 Å². The van der Waals surface area contributed by atoms with Gasteiger partial charge in [-0.2, -0.15) is 0 Å². The molecule has 156 valence electrons. The highest BCUT2D eigenvalue weighted by Crippen LogP contribution is 2.34. The zero-order valence-electron chi connectivity index (χ0n) is 15.7. The van der Waals surface area contributed by atoms with E-state index in [1.807, 2.05) is 18.2 Å². The van der Waals surface area contributed by atoms with Crippen molar-refractivity contribution in [2.75, 3.05) is 0 Å². The first kappa shape index (κ1) is 21.7. The zero-order valence-corrected chi connectivity index (χ0v) is 20.2. The lowest BCUT2D eigenvalue weighted by Crippen LogP contribution is -2.05. The third-order valence-corrected chi connectivity index (χ3v) is 7.09. The predicted molar refractivity (Wildman–Crippen MR) is 128 cm³/mol. The van der Waals surface area contributed by atoms with Crippen molar-refractivity contribution in [3.05, 3.63) is 88.2 Å². The molecule has 2 heterocycles. The number of rotatable bonds is 4. The molecular formula is C21H11BrClIN2O5. The summed E-state index contributed by atoms with van der Waals surface area (Å²) in [4.78, 5) is 27.0. The van der Waals surface area contributed by atoms with Gasteiger partial charge in [0.25, 0.3) is 5.69 Å². The number of aliphatic imine (C=N–C) groups is 1. The molecule has 0 fully saturated rings. The first-order valence-corrected chi connectivity index (χ1v) is 11.0. The summed E-state index contributed by atoms with van der Waals surface area (Å²) in [5.41, 5.74) is 1.84. The van der Waals surface area contributed by atoms with Crippen molar-refractivity contribution in [2.24, 2.45) is 4.99 Å². The molecule has 0 unspecified atom stereocenters. The number of nitro groups is 1.